The number of rotatable bonds is 30. The Labute approximate surface area is 866 Å². The van der Waals surface area contributed by atoms with Crippen molar-refractivity contribution in [1.29, 1.82) is 0 Å². The summed E-state index contributed by atoms with van der Waals surface area (Å²) in [5.74, 6) is -0.207. The molecule has 9 aromatic rings. The van der Waals surface area contributed by atoms with E-state index in [0.29, 0.717) is 135 Å². The zero-order valence-corrected chi connectivity index (χ0v) is 86.2. The zero-order valence-electron chi connectivity index (χ0n) is 81.0. The fourth-order valence-electron chi connectivity index (χ4n) is 18.9. The zero-order chi connectivity index (χ0) is 102. The number of halogens is 9. The molecule has 0 spiro atoms. The highest BCUT2D eigenvalue weighted by Gasteiger charge is 2.46. The Balaban J connectivity index is 0.000000154. The molecule has 32 nitrogen and oxygen atoms in total. The van der Waals surface area contributed by atoms with E-state index in [1.165, 1.54) is 74.4 Å². The van der Waals surface area contributed by atoms with Gasteiger partial charge in [-0.3, -0.25) is 73.8 Å². The first-order chi connectivity index (χ1) is 69.2. The Morgan fingerprint density at radius 1 is 0.444 bits per heavy atom. The molecule has 754 valence electrons. The lowest BCUT2D eigenvalue weighted by Gasteiger charge is -2.51. The number of carbonyl (C=O) groups excluding carboxylic acids is 4. The number of aliphatic imine (C=N–C) groups is 4. The standard InChI is InChI=1S/C35H48ClFN6O3.C24H26ClFN8O.C23H23ClFN7O.C21H16ClFIN5O/c1-24(44)31-30(39-33(29-10-6-7-13-38-29)40-32(31)27-12-11-25(37)20-28(27)36)23-42-17-15-41(16-18-42)14-8-9-19-46-26-21-34(2,3)43(45)35(4,5)22-26;1-16(35)22-21(15-34-12-10-33(11-13-34)9-8-29-32-27)30-24(20-4-2-3-7-28-20)31-23(22)18-6-5-17(26)14-19(18)25;1-14(33)21-20(13-32-10-7-16(8-11-32)30-31-26)28-23(19-4-2-3-9-27-19)29-22(21)17-6-5-15(25)12-18(17)24;1-12(30)18-17(11-29-9-8-26-21(29)24)27-20(16-4-2-3-7-25-16)28-19(18)14-6-5-13(23)10-15(14)22/h6-7,10-13,20,26,32,45H,8-9,14-19,21-23H2,1-5H3,(H,39,40);2-7,14,23H,8-13,15H2,1H3,(H,30,31);2-6,9,12,16,22H,7-8,10-11,13H2,1H3,(H,28,29);2-10,19H,11H2,1H3,(H,27,28). The Kier molecular flexibility index (Phi) is 37.7. The maximum atomic E-state index is 13.9. The van der Waals surface area contributed by atoms with Gasteiger partial charge in [0.1, 0.15) is 70.2 Å². The molecule has 144 heavy (non-hydrogen) atoms. The van der Waals surface area contributed by atoms with Crippen LogP contribution in [0.25, 0.3) is 20.9 Å². The highest BCUT2D eigenvalue weighted by Crippen LogP contribution is 2.44. The number of amidine groups is 4. The number of hydrogen-bond donors (Lipinski definition) is 5. The van der Waals surface area contributed by atoms with Crippen molar-refractivity contribution in [3.63, 3.8) is 0 Å². The molecule has 4 atom stereocenters. The molecule has 0 aliphatic carbocycles. The number of allylic oxidation sites excluding steroid dienone is 1. The predicted molar refractivity (Wildman–Crippen MR) is 556 cm³/mol. The first kappa shape index (κ1) is 108. The summed E-state index contributed by atoms with van der Waals surface area (Å²) in [6.45, 7) is 27.5. The van der Waals surface area contributed by atoms with Crippen molar-refractivity contribution in [2.45, 2.75) is 148 Å². The van der Waals surface area contributed by atoms with E-state index in [-0.39, 0.29) is 66.4 Å². The second-order valence-corrected chi connectivity index (χ2v) is 39.7. The van der Waals surface area contributed by atoms with E-state index in [1.54, 1.807) is 62.2 Å². The molecule has 4 fully saturated rings. The van der Waals surface area contributed by atoms with Crippen LogP contribution in [0.4, 0.5) is 17.6 Å². The van der Waals surface area contributed by atoms with Gasteiger partial charge in [0.05, 0.1) is 12.6 Å². The van der Waals surface area contributed by atoms with Crippen LogP contribution in [0, 0.1) is 27.1 Å². The van der Waals surface area contributed by atoms with Crippen molar-refractivity contribution < 1.29 is 46.7 Å². The monoisotopic (exact) mass is 2150 g/mol. The number of benzene rings is 4. The number of pyridine rings is 4. The van der Waals surface area contributed by atoms with E-state index in [1.807, 2.05) is 83.6 Å². The molecule has 0 radical (unpaired) electrons. The van der Waals surface area contributed by atoms with Crippen LogP contribution in [0.1, 0.15) is 163 Å². The van der Waals surface area contributed by atoms with Crippen LogP contribution < -0.4 is 21.3 Å². The number of nitrogens with zero attached hydrogens (tertiary/aromatic N) is 22. The Hall–Kier alpha value is -11.9. The topological polar surface area (TPSA) is 382 Å². The van der Waals surface area contributed by atoms with Gasteiger partial charge in [-0.05, 0) is 244 Å². The highest BCUT2D eigenvalue weighted by atomic mass is 127. The first-order valence-corrected chi connectivity index (χ1v) is 50.0. The van der Waals surface area contributed by atoms with Crippen LogP contribution in [0.5, 0.6) is 0 Å². The number of aromatic nitrogens is 6. The summed E-state index contributed by atoms with van der Waals surface area (Å²) in [7, 11) is 0. The number of piperidine rings is 2. The molecule has 4 saturated heterocycles. The maximum Gasteiger partial charge on any atom is 0.171 e. The Bertz CT molecular complexity index is 6480. The lowest BCUT2D eigenvalue weighted by atomic mass is 9.80. The number of carbonyl (C=O) groups is 4. The highest BCUT2D eigenvalue weighted by molar-refractivity contribution is 14.1. The number of nitrogens with one attached hydrogen (secondary N) is 4. The summed E-state index contributed by atoms with van der Waals surface area (Å²) in [4.78, 5) is 110. The quantitative estimate of drug-likeness (QED) is 0.00697. The second kappa shape index (κ2) is 50.3. The number of hydroxylamine groups is 2. The van der Waals surface area contributed by atoms with Gasteiger partial charge in [-0.15, -0.1) is 0 Å². The Morgan fingerprint density at radius 2 is 0.771 bits per heavy atom. The number of azide groups is 2. The van der Waals surface area contributed by atoms with Crippen molar-refractivity contribution in [2.24, 2.45) is 30.2 Å². The van der Waals surface area contributed by atoms with E-state index in [0.717, 1.165) is 139 Å². The first-order valence-electron chi connectivity index (χ1n) is 47.4. The van der Waals surface area contributed by atoms with Crippen LogP contribution in [-0.2, 0) is 30.5 Å². The normalized spacial score (nSPS) is 19.8. The minimum atomic E-state index is -0.690. The van der Waals surface area contributed by atoms with Crippen molar-refractivity contribution in [3.8, 4) is 0 Å². The fourth-order valence-corrected chi connectivity index (χ4v) is 20.5. The van der Waals surface area contributed by atoms with E-state index in [4.69, 9.17) is 82.2 Å². The molecule has 8 aliphatic rings. The van der Waals surface area contributed by atoms with E-state index < -0.39 is 47.4 Å². The van der Waals surface area contributed by atoms with E-state index in [2.05, 4.69) is 141 Å². The van der Waals surface area contributed by atoms with Crippen LogP contribution in [0.2, 0.25) is 20.1 Å². The molecule has 13 heterocycles. The number of piperazine rings is 2. The van der Waals surface area contributed by atoms with Gasteiger partial charge in [-0.1, -0.05) is 105 Å². The average molecular weight is 2160 g/mol. The summed E-state index contributed by atoms with van der Waals surface area (Å²) < 4.78 is 64.1. The van der Waals surface area contributed by atoms with E-state index in [9.17, 15) is 41.9 Å². The predicted octanol–water partition coefficient (Wildman–Crippen LogP) is 18.3. The molecule has 5 N–H and O–H groups in total. The molecule has 17 rings (SSSR count). The maximum absolute atomic E-state index is 13.9. The number of Topliss-reactive ketones (excluding diaryl/α,β-unsaturated/α-hetero) is 4. The summed E-state index contributed by atoms with van der Waals surface area (Å²) in [5.41, 5.74) is 26.2. The van der Waals surface area contributed by atoms with Gasteiger partial charge in [0.2, 0.25) is 0 Å². The number of unbranched alkanes of at least 4 members (excludes halogenated alkanes) is 1. The molecule has 41 heteroatoms. The average Bonchev–Trinajstić information content (AvgIpc) is 1.54. The van der Waals surface area contributed by atoms with Gasteiger partial charge in [-0.2, -0.15) is 5.06 Å². The number of likely N-dealkylation sites (tertiary alicyclic amines) is 1. The van der Waals surface area contributed by atoms with Gasteiger partial charge < -0.3 is 45.6 Å². The SMILES string of the molecule is CC(=O)C1=C(CN2CCC(N=[N+]=[N-])CC2)NC(c2ccccn2)=NC1c1ccc(F)cc1Cl.CC(=O)C1=C(CN2CCN(CCCCOC3CC(C)(C)N(O)C(C)(C)C3)CC2)NC(c2ccccn2)=NC1c1ccc(F)cc1Cl.CC(=O)C1=C(CN2CCN(CCN=[N+]=[N-])CC2)NC(c2ccccn2)=NC1c1ccc(F)cc1Cl.CC(=O)C1=C(Cn2ccnc2I)NC(c2ccccn2)=NC1c1ccc(F)cc1Cl. The van der Waals surface area contributed by atoms with Crippen molar-refractivity contribution in [1.82, 2.24) is 80.3 Å². The molecule has 0 bridgehead atoms. The number of imidazole rings is 1. The van der Waals surface area contributed by atoms with Gasteiger partial charge in [0.25, 0.3) is 0 Å². The molecular weight excluding hydrogens is 2040 g/mol. The fraction of sp³-hybridized carbons (Fsp3) is 0.388. The molecular formula is C103H113Cl4F4IN26O6. The molecule has 0 saturated carbocycles. The third-order valence-corrected chi connectivity index (χ3v) is 28.1. The van der Waals surface area contributed by atoms with Crippen LogP contribution in [-0.4, -0.2) is 245 Å². The molecule has 5 aromatic heterocycles. The third-order valence-electron chi connectivity index (χ3n) is 25.9. The number of ketones is 4. The van der Waals surface area contributed by atoms with Gasteiger partial charge >= 0.3 is 0 Å². The molecule has 8 aliphatic heterocycles. The third kappa shape index (κ3) is 28.0. The largest absolute Gasteiger partial charge is 0.378 e. The number of hydrogen-bond acceptors (Lipinski definition) is 27. The van der Waals surface area contributed by atoms with Crippen molar-refractivity contribution in [3.05, 3.63) is 341 Å². The lowest BCUT2D eigenvalue weighted by molar-refractivity contribution is -0.261. The van der Waals surface area contributed by atoms with Crippen LogP contribution >= 0.6 is 69.0 Å². The summed E-state index contributed by atoms with van der Waals surface area (Å²) in [6.07, 6.45) is 15.6. The summed E-state index contributed by atoms with van der Waals surface area (Å²) >= 11 is 27.8. The molecule has 4 aromatic carbocycles. The summed E-state index contributed by atoms with van der Waals surface area (Å²) in [6, 6.07) is 36.0. The van der Waals surface area contributed by atoms with E-state index >= 15 is 0 Å². The smallest absolute Gasteiger partial charge is 0.171 e. The molecule has 0 amide bonds. The summed E-state index contributed by atoms with van der Waals surface area (Å²) in [5, 5.41) is 33.7. The second-order valence-electron chi connectivity index (χ2n) is 37.1. The van der Waals surface area contributed by atoms with Crippen LogP contribution in [0.15, 0.2) is 258 Å². The lowest BCUT2D eigenvalue weighted by Crippen LogP contribution is -2.60. The van der Waals surface area contributed by atoms with Gasteiger partial charge in [-0.25, -0.2) is 22.5 Å². The van der Waals surface area contributed by atoms with Gasteiger partial charge in [0.15, 0.2) is 50.3 Å². The van der Waals surface area contributed by atoms with Crippen LogP contribution in [0.3, 0.4) is 0 Å². The van der Waals surface area contributed by atoms with Crippen molar-refractivity contribution >= 4 is 115 Å². The van der Waals surface area contributed by atoms with Crippen molar-refractivity contribution in [2.75, 3.05) is 111 Å². The minimum absolute atomic E-state index is 0.0109. The minimum Gasteiger partial charge on any atom is -0.378 e. The number of ether oxygens (including phenoxy) is 1. The molecule has 4 unspecified atom stereocenters. The van der Waals surface area contributed by atoms with Gasteiger partial charge in [0, 0.05) is 243 Å². The Morgan fingerprint density at radius 3 is 1.07 bits per heavy atom.